The van der Waals surface area contributed by atoms with Crippen LogP contribution in [0.25, 0.3) is 0 Å². The van der Waals surface area contributed by atoms with Crippen molar-refractivity contribution in [2.24, 2.45) is 0 Å². The number of nitrogens with zero attached hydrogens (tertiary/aromatic N) is 1. The summed E-state index contributed by atoms with van der Waals surface area (Å²) in [5, 5.41) is 12.2. The Kier molecular flexibility index (Phi) is 6.26. The van der Waals surface area contributed by atoms with Gasteiger partial charge in [0.2, 0.25) is 5.91 Å². The molecule has 1 unspecified atom stereocenters. The largest absolute Gasteiger partial charge is 0.480 e. The maximum Gasteiger partial charge on any atom is 0.320 e. The van der Waals surface area contributed by atoms with Crippen molar-refractivity contribution in [2.45, 2.75) is 19.4 Å². The number of hydrogen-bond acceptors (Lipinski definition) is 3. The molecule has 0 radical (unpaired) electrons. The summed E-state index contributed by atoms with van der Waals surface area (Å²) >= 11 is 11.8. The van der Waals surface area contributed by atoms with Gasteiger partial charge in [0.1, 0.15) is 6.04 Å². The van der Waals surface area contributed by atoms with Gasteiger partial charge in [-0.15, -0.1) is 0 Å². The van der Waals surface area contributed by atoms with Crippen molar-refractivity contribution in [2.75, 3.05) is 18.9 Å². The molecule has 0 aromatic heterocycles. The topological polar surface area (TPSA) is 69.6 Å². The molecule has 1 rings (SSSR count). The summed E-state index contributed by atoms with van der Waals surface area (Å²) < 4.78 is 0. The van der Waals surface area contributed by atoms with Gasteiger partial charge < -0.3 is 10.4 Å². The number of aliphatic carboxylic acids is 1. The average molecular weight is 319 g/mol. The number of benzene rings is 1. The maximum absolute atomic E-state index is 11.9. The summed E-state index contributed by atoms with van der Waals surface area (Å²) in [4.78, 5) is 24.3. The Bertz CT molecular complexity index is 508. The molecule has 0 aliphatic heterocycles. The van der Waals surface area contributed by atoms with Crippen LogP contribution in [0.5, 0.6) is 0 Å². The summed E-state index contributed by atoms with van der Waals surface area (Å²) in [5.74, 6) is -1.31. The van der Waals surface area contributed by atoms with Crippen LogP contribution in [0.1, 0.15) is 13.3 Å². The zero-order valence-corrected chi connectivity index (χ0v) is 12.7. The highest BCUT2D eigenvalue weighted by Gasteiger charge is 2.22. The predicted octanol–water partition coefficient (Wildman–Crippen LogP) is 2.73. The molecule has 0 saturated heterocycles. The molecule has 0 aliphatic carbocycles. The van der Waals surface area contributed by atoms with Gasteiger partial charge in [0.15, 0.2) is 0 Å². The first-order valence-corrected chi connectivity index (χ1v) is 6.79. The molecule has 1 atom stereocenters. The first-order valence-electron chi connectivity index (χ1n) is 6.03. The Hall–Kier alpha value is -1.30. The van der Waals surface area contributed by atoms with Crippen molar-refractivity contribution in [3.05, 3.63) is 28.2 Å². The molecule has 1 aromatic rings. The standard InChI is InChI=1S/C13H16Cl2N2O3/c1-3-10(13(19)20)17(2)7-11(18)16-9-6-4-5-8(14)12(9)15/h4-6,10H,3,7H2,1-2H3,(H,16,18)(H,19,20). The lowest BCUT2D eigenvalue weighted by Crippen LogP contribution is -2.42. The maximum atomic E-state index is 11.9. The molecule has 1 aromatic carbocycles. The van der Waals surface area contributed by atoms with Crippen LogP contribution in [0.15, 0.2) is 18.2 Å². The highest BCUT2D eigenvalue weighted by atomic mass is 35.5. The van der Waals surface area contributed by atoms with Gasteiger partial charge in [-0.05, 0) is 25.6 Å². The first-order chi connectivity index (χ1) is 9.36. The van der Waals surface area contributed by atoms with Gasteiger partial charge in [-0.3, -0.25) is 14.5 Å². The van der Waals surface area contributed by atoms with E-state index < -0.39 is 12.0 Å². The van der Waals surface area contributed by atoms with E-state index in [2.05, 4.69) is 5.32 Å². The average Bonchev–Trinajstić information content (AvgIpc) is 2.35. The molecule has 5 nitrogen and oxygen atoms in total. The van der Waals surface area contributed by atoms with Crippen LogP contribution in [-0.4, -0.2) is 41.5 Å². The van der Waals surface area contributed by atoms with Crippen LogP contribution < -0.4 is 5.32 Å². The minimum Gasteiger partial charge on any atom is -0.480 e. The second-order valence-electron chi connectivity index (χ2n) is 4.33. The number of carbonyl (C=O) groups is 2. The van der Waals surface area contributed by atoms with E-state index in [0.717, 1.165) is 0 Å². The van der Waals surface area contributed by atoms with Crippen LogP contribution in [0.2, 0.25) is 10.0 Å². The number of likely N-dealkylation sites (N-methyl/N-ethyl adjacent to an activating group) is 1. The second kappa shape index (κ2) is 7.47. The van der Waals surface area contributed by atoms with Crippen LogP contribution in [0.3, 0.4) is 0 Å². The number of rotatable bonds is 6. The van der Waals surface area contributed by atoms with Crippen LogP contribution in [0, 0.1) is 0 Å². The normalized spacial score (nSPS) is 12.2. The first kappa shape index (κ1) is 16.8. The third-order valence-corrected chi connectivity index (χ3v) is 3.64. The Morgan fingerprint density at radius 2 is 2.05 bits per heavy atom. The highest BCUT2D eigenvalue weighted by molar-refractivity contribution is 6.43. The van der Waals surface area contributed by atoms with E-state index in [-0.39, 0.29) is 17.5 Å². The smallest absolute Gasteiger partial charge is 0.320 e. The number of carboxylic acids is 1. The summed E-state index contributed by atoms with van der Waals surface area (Å²) in [6, 6.07) is 4.21. The molecule has 0 fully saturated rings. The molecular formula is C13H16Cl2N2O3. The lowest BCUT2D eigenvalue weighted by molar-refractivity contribution is -0.143. The zero-order valence-electron chi connectivity index (χ0n) is 11.2. The lowest BCUT2D eigenvalue weighted by atomic mass is 10.2. The summed E-state index contributed by atoms with van der Waals surface area (Å²) in [5.41, 5.74) is 0.404. The molecule has 0 spiro atoms. The van der Waals surface area contributed by atoms with Gasteiger partial charge in [0, 0.05) is 0 Å². The lowest BCUT2D eigenvalue weighted by Gasteiger charge is -2.22. The van der Waals surface area contributed by atoms with Gasteiger partial charge in [-0.1, -0.05) is 36.2 Å². The van der Waals surface area contributed by atoms with E-state index in [1.54, 1.807) is 32.2 Å². The van der Waals surface area contributed by atoms with Gasteiger partial charge in [-0.25, -0.2) is 0 Å². The van der Waals surface area contributed by atoms with Crippen molar-refractivity contribution in [3.63, 3.8) is 0 Å². The van der Waals surface area contributed by atoms with Crippen molar-refractivity contribution in [3.8, 4) is 0 Å². The Morgan fingerprint density at radius 1 is 1.40 bits per heavy atom. The number of hydrogen-bond donors (Lipinski definition) is 2. The third kappa shape index (κ3) is 4.37. The van der Waals surface area contributed by atoms with E-state index in [1.807, 2.05) is 0 Å². The minimum absolute atomic E-state index is 0.0480. The number of nitrogens with one attached hydrogen (secondary N) is 1. The van der Waals surface area contributed by atoms with Crippen LogP contribution >= 0.6 is 23.2 Å². The minimum atomic E-state index is -0.955. The van der Waals surface area contributed by atoms with Gasteiger partial charge in [0.25, 0.3) is 0 Å². The van der Waals surface area contributed by atoms with Gasteiger partial charge in [-0.2, -0.15) is 0 Å². The zero-order chi connectivity index (χ0) is 15.3. The Morgan fingerprint density at radius 3 is 2.60 bits per heavy atom. The molecular weight excluding hydrogens is 303 g/mol. The number of amides is 1. The summed E-state index contributed by atoms with van der Waals surface area (Å²) in [6.07, 6.45) is 0.414. The quantitative estimate of drug-likeness (QED) is 0.846. The second-order valence-corrected chi connectivity index (χ2v) is 5.11. The number of carboxylic acid groups (broad SMARTS) is 1. The summed E-state index contributed by atoms with van der Waals surface area (Å²) in [7, 11) is 1.58. The molecule has 0 bridgehead atoms. The number of carbonyl (C=O) groups excluding carboxylic acids is 1. The molecule has 0 heterocycles. The molecule has 7 heteroatoms. The SMILES string of the molecule is CCC(C(=O)O)N(C)CC(=O)Nc1cccc(Cl)c1Cl. The van der Waals surface area contributed by atoms with Crippen molar-refractivity contribution >= 4 is 40.8 Å². The molecule has 0 saturated carbocycles. The fourth-order valence-electron chi connectivity index (χ4n) is 1.80. The monoisotopic (exact) mass is 318 g/mol. The molecule has 2 N–H and O–H groups in total. The van der Waals surface area contributed by atoms with E-state index in [1.165, 1.54) is 4.90 Å². The molecule has 20 heavy (non-hydrogen) atoms. The van der Waals surface area contributed by atoms with Crippen molar-refractivity contribution in [1.29, 1.82) is 0 Å². The van der Waals surface area contributed by atoms with Gasteiger partial charge in [0.05, 0.1) is 22.3 Å². The molecule has 1 amide bonds. The fraction of sp³-hybridized carbons (Fsp3) is 0.385. The number of anilines is 1. The third-order valence-electron chi connectivity index (χ3n) is 2.82. The highest BCUT2D eigenvalue weighted by Crippen LogP contribution is 2.29. The van der Waals surface area contributed by atoms with E-state index in [9.17, 15) is 9.59 Å². The van der Waals surface area contributed by atoms with E-state index >= 15 is 0 Å². The predicted molar refractivity (Wildman–Crippen MR) is 79.4 cm³/mol. The molecule has 110 valence electrons. The number of halogens is 2. The molecule has 0 aliphatic rings. The Balaban J connectivity index is 2.68. The van der Waals surface area contributed by atoms with E-state index in [4.69, 9.17) is 28.3 Å². The van der Waals surface area contributed by atoms with Gasteiger partial charge >= 0.3 is 5.97 Å². The Labute approximate surface area is 127 Å². The van der Waals surface area contributed by atoms with E-state index in [0.29, 0.717) is 17.1 Å². The van der Waals surface area contributed by atoms with Crippen molar-refractivity contribution in [1.82, 2.24) is 4.90 Å². The summed E-state index contributed by atoms with van der Waals surface area (Å²) in [6.45, 7) is 1.70. The van der Waals surface area contributed by atoms with Crippen LogP contribution in [0.4, 0.5) is 5.69 Å². The fourth-order valence-corrected chi connectivity index (χ4v) is 2.15. The van der Waals surface area contributed by atoms with Crippen LogP contribution in [-0.2, 0) is 9.59 Å². The van der Waals surface area contributed by atoms with Crippen molar-refractivity contribution < 1.29 is 14.7 Å².